The summed E-state index contributed by atoms with van der Waals surface area (Å²) in [6, 6.07) is 76.7. The van der Waals surface area contributed by atoms with Crippen molar-refractivity contribution in [2.75, 3.05) is 9.80 Å². The molecule has 79 heavy (non-hydrogen) atoms. The Morgan fingerprint density at radius 2 is 0.823 bits per heavy atom. The summed E-state index contributed by atoms with van der Waals surface area (Å²) in [5, 5.41) is 11.9. The second-order valence-electron chi connectivity index (χ2n) is 24.9. The number of fused-ring (bicyclic) bond motifs is 15. The monoisotopic (exact) mass is 1030 g/mol. The summed E-state index contributed by atoms with van der Waals surface area (Å²) in [5.74, 6) is 0.831. The highest BCUT2D eigenvalue weighted by Crippen LogP contribution is 2.68. The van der Waals surface area contributed by atoms with Crippen molar-refractivity contribution in [3.8, 4) is 11.1 Å². The largest absolute Gasteiger partial charge is 0.454 e. The number of anilines is 6. The van der Waals surface area contributed by atoms with Crippen molar-refractivity contribution in [1.82, 2.24) is 0 Å². The van der Waals surface area contributed by atoms with Crippen molar-refractivity contribution in [2.45, 2.75) is 86.5 Å². The first-order valence-electron chi connectivity index (χ1n) is 28.3. The Morgan fingerprint density at radius 3 is 1.34 bits per heavy atom. The van der Waals surface area contributed by atoms with Crippen molar-refractivity contribution >= 4 is 110 Å². The molecule has 0 atom stereocenters. The van der Waals surface area contributed by atoms with Crippen LogP contribution in [0.4, 0.5) is 34.1 Å². The molecule has 2 heterocycles. The molecule has 0 radical (unpaired) electrons. The molecule has 14 rings (SSSR count). The molecular weight excluding hydrogens is 961 g/mol. The van der Waals surface area contributed by atoms with Crippen molar-refractivity contribution in [1.29, 1.82) is 0 Å². The lowest BCUT2D eigenvalue weighted by Gasteiger charge is -2.53. The summed E-state index contributed by atoms with van der Waals surface area (Å²) in [6.07, 6.45) is 0. The van der Waals surface area contributed by atoms with E-state index in [2.05, 4.69) is 285 Å². The maximum atomic E-state index is 6.82. The molecule has 0 fully saturated rings. The topological polar surface area (TPSA) is 32.8 Å². The molecule has 13 aromatic rings. The first-order chi connectivity index (χ1) is 38.1. The molecule has 11 aromatic carbocycles. The minimum atomic E-state index is -0.433. The lowest BCUT2D eigenvalue weighted by molar-refractivity contribution is 0.0965. The van der Waals surface area contributed by atoms with Crippen molar-refractivity contribution < 1.29 is 8.83 Å². The maximum Gasteiger partial charge on any atom is 0.159 e. The third kappa shape index (κ3) is 7.26. The standard InChI is InChI=1S/C75H66N2O2/c1-45(2)47-29-34-51(35-30-47)76(65-25-17-23-60-56-20-13-15-27-67(56)78-71(60)65)53-38-33-49-42-63-64(43-50(49)41-53)75(73(5,6)7,74(8,9)10)70-59-40-39-54(44-62(59)55-19-11-12-22-58(55)69(63)70)77(52-36-31-48(32-37-52)46(3)4)66-26-18-24-61-57-21-14-16-28-68(57)79-72(61)66/h11-46H,1-10H3. The van der Waals surface area contributed by atoms with Crippen LogP contribution in [0.1, 0.15) is 103 Å². The maximum absolute atomic E-state index is 6.82. The van der Waals surface area contributed by atoms with Crippen molar-refractivity contribution in [2.24, 2.45) is 10.8 Å². The highest BCUT2D eigenvalue weighted by atomic mass is 16.3. The molecule has 0 amide bonds. The Hall–Kier alpha value is -8.60. The number of hydrogen-bond acceptors (Lipinski definition) is 4. The van der Waals surface area contributed by atoms with E-state index >= 15 is 0 Å². The van der Waals surface area contributed by atoms with Gasteiger partial charge >= 0.3 is 0 Å². The highest BCUT2D eigenvalue weighted by molar-refractivity contribution is 6.20. The van der Waals surface area contributed by atoms with Gasteiger partial charge in [-0.3, -0.25) is 0 Å². The predicted octanol–water partition coefficient (Wildman–Crippen LogP) is 22.5. The van der Waals surface area contributed by atoms with Gasteiger partial charge in [0, 0.05) is 49.7 Å². The van der Waals surface area contributed by atoms with E-state index in [0.717, 1.165) is 78.0 Å². The lowest BCUT2D eigenvalue weighted by Crippen LogP contribution is -2.50. The van der Waals surface area contributed by atoms with Crippen LogP contribution in [0.2, 0.25) is 0 Å². The minimum absolute atomic E-state index is 0.229. The third-order valence-corrected chi connectivity index (χ3v) is 17.7. The molecule has 1 aliphatic carbocycles. The summed E-state index contributed by atoms with van der Waals surface area (Å²) in [7, 11) is 0. The number of nitrogens with zero attached hydrogens (tertiary/aromatic N) is 2. The van der Waals surface area contributed by atoms with Gasteiger partial charge in [-0.15, -0.1) is 0 Å². The van der Waals surface area contributed by atoms with E-state index in [-0.39, 0.29) is 10.8 Å². The molecule has 0 unspecified atom stereocenters. The first-order valence-corrected chi connectivity index (χ1v) is 28.3. The molecule has 2 aromatic heterocycles. The van der Waals surface area contributed by atoms with Gasteiger partial charge in [-0.2, -0.15) is 0 Å². The Balaban J connectivity index is 1.01. The van der Waals surface area contributed by atoms with E-state index < -0.39 is 5.41 Å². The SMILES string of the molecule is CC(C)c1ccc(N(c2ccc3cc4c(cc3c2)C(C(C)(C)C)(C(C)(C)C)c2c-4c3ccccc3c3cc(N(c4ccc(C(C)C)cc4)c4cccc5c4oc4ccccc45)ccc23)c2cccc3c2oc2ccccc23)cc1. The van der Waals surface area contributed by atoms with Gasteiger partial charge in [0.15, 0.2) is 11.2 Å². The number of benzene rings is 11. The second-order valence-corrected chi connectivity index (χ2v) is 24.9. The van der Waals surface area contributed by atoms with Crippen LogP contribution in [0, 0.1) is 10.8 Å². The van der Waals surface area contributed by atoms with Crippen molar-refractivity contribution in [3.63, 3.8) is 0 Å². The Bertz CT molecular complexity index is 4560. The van der Waals surface area contributed by atoms with Crippen LogP contribution in [-0.4, -0.2) is 0 Å². The number of rotatable bonds is 8. The van der Waals surface area contributed by atoms with Gasteiger partial charge in [0.2, 0.25) is 0 Å². The van der Waals surface area contributed by atoms with Gasteiger partial charge in [-0.1, -0.05) is 191 Å². The van der Waals surface area contributed by atoms with Crippen LogP contribution in [-0.2, 0) is 5.41 Å². The molecule has 4 nitrogen and oxygen atoms in total. The van der Waals surface area contributed by atoms with Crippen LogP contribution in [0.5, 0.6) is 0 Å². The van der Waals surface area contributed by atoms with E-state index in [1.165, 1.54) is 65.7 Å². The van der Waals surface area contributed by atoms with Crippen LogP contribution < -0.4 is 9.80 Å². The second kappa shape index (κ2) is 17.7. The fourth-order valence-electron chi connectivity index (χ4n) is 14.4. The number of furan rings is 2. The highest BCUT2D eigenvalue weighted by Gasteiger charge is 2.59. The zero-order valence-electron chi connectivity index (χ0n) is 47.0. The molecule has 0 aliphatic heterocycles. The summed E-state index contributed by atoms with van der Waals surface area (Å²) in [4.78, 5) is 4.80. The minimum Gasteiger partial charge on any atom is -0.454 e. The normalized spacial score (nSPS) is 13.5. The first kappa shape index (κ1) is 48.7. The van der Waals surface area contributed by atoms with Crippen LogP contribution in [0.3, 0.4) is 0 Å². The summed E-state index contributed by atoms with van der Waals surface area (Å²) in [6.45, 7) is 23.9. The average molecular weight is 1030 g/mol. The molecule has 388 valence electrons. The Kier molecular flexibility index (Phi) is 10.9. The Morgan fingerprint density at radius 1 is 0.367 bits per heavy atom. The Labute approximate surface area is 463 Å². The van der Waals surface area contributed by atoms with E-state index in [1.807, 2.05) is 0 Å². The van der Waals surface area contributed by atoms with Crippen LogP contribution >= 0.6 is 0 Å². The summed E-state index contributed by atoms with van der Waals surface area (Å²) >= 11 is 0. The van der Waals surface area contributed by atoms with Gasteiger partial charge in [0.25, 0.3) is 0 Å². The van der Waals surface area contributed by atoms with Crippen LogP contribution in [0.15, 0.2) is 215 Å². The molecule has 4 heteroatoms. The molecule has 0 N–H and O–H groups in total. The summed E-state index contributed by atoms with van der Waals surface area (Å²) < 4.78 is 13.6. The van der Waals surface area contributed by atoms with Gasteiger partial charge in [-0.25, -0.2) is 0 Å². The zero-order valence-corrected chi connectivity index (χ0v) is 47.0. The number of hydrogen-bond donors (Lipinski definition) is 0. The van der Waals surface area contributed by atoms with E-state index in [4.69, 9.17) is 8.83 Å². The summed E-state index contributed by atoms with van der Waals surface area (Å²) in [5.41, 5.74) is 17.1. The fourth-order valence-corrected chi connectivity index (χ4v) is 14.4. The quantitative estimate of drug-likeness (QED) is 0.142. The van der Waals surface area contributed by atoms with Gasteiger partial charge in [0.05, 0.1) is 11.4 Å². The molecule has 0 saturated heterocycles. The predicted molar refractivity (Wildman–Crippen MR) is 336 cm³/mol. The average Bonchev–Trinajstić information content (AvgIpc) is 2.05. The van der Waals surface area contributed by atoms with E-state index in [1.54, 1.807) is 0 Å². The molecule has 0 bridgehead atoms. The van der Waals surface area contributed by atoms with Gasteiger partial charge < -0.3 is 18.6 Å². The number of para-hydroxylation sites is 4. The van der Waals surface area contributed by atoms with E-state index in [9.17, 15) is 0 Å². The lowest BCUT2D eigenvalue weighted by atomic mass is 9.49. The van der Waals surface area contributed by atoms with Gasteiger partial charge in [-0.05, 0) is 173 Å². The van der Waals surface area contributed by atoms with Crippen LogP contribution in [0.25, 0.3) is 87.3 Å². The molecule has 1 aliphatic rings. The molecule has 0 spiro atoms. The fraction of sp³-hybridized carbons (Fsp3) is 0.200. The molecular formula is C75H66N2O2. The smallest absolute Gasteiger partial charge is 0.159 e. The van der Waals surface area contributed by atoms with Crippen molar-refractivity contribution in [3.05, 3.63) is 229 Å². The molecule has 0 saturated carbocycles. The zero-order chi connectivity index (χ0) is 54.3. The third-order valence-electron chi connectivity index (χ3n) is 17.7. The van der Waals surface area contributed by atoms with E-state index in [0.29, 0.717) is 11.8 Å². The van der Waals surface area contributed by atoms with Gasteiger partial charge in [0.1, 0.15) is 11.2 Å².